The summed E-state index contributed by atoms with van der Waals surface area (Å²) in [6, 6.07) is 0. The van der Waals surface area contributed by atoms with Crippen molar-refractivity contribution in [3.05, 3.63) is 72.9 Å². The number of rotatable bonds is 10. The van der Waals surface area contributed by atoms with Crippen LogP contribution >= 0.6 is 0 Å². The molecule has 0 saturated heterocycles. The molecule has 0 aliphatic heterocycles. The summed E-state index contributed by atoms with van der Waals surface area (Å²) in [7, 11) is 0. The highest BCUT2D eigenvalue weighted by atomic mass is 16.5. The molecule has 0 aromatic heterocycles. The number of hydrogen-bond acceptors (Lipinski definition) is 2. The number of aliphatic hydroxyl groups is 1. The Morgan fingerprint density at radius 1 is 0.970 bits per heavy atom. The standard InChI is InChI=1S/C22H38O2.C4H6.C3H8.C2H6/c1-10-19(22(7,8)9)13-11-12-18(6)24-15-20(23)14-21(16(2)3)17(4)5;1-3-4-2;1-3-2;1-2/h10-13,16,18,20,23H,1,14-15H2,2-9H3;3-4H,1-2H2;3H2,1-2H3;1-2H3/b12-11-,19-13+;;;. The fourth-order valence-electron chi connectivity index (χ4n) is 2.59. The van der Waals surface area contributed by atoms with Gasteiger partial charge in [-0.25, -0.2) is 0 Å². The van der Waals surface area contributed by atoms with Crippen molar-refractivity contribution in [1.29, 1.82) is 0 Å². The van der Waals surface area contributed by atoms with Crippen LogP contribution < -0.4 is 0 Å². The monoisotopic (exact) mass is 462 g/mol. The maximum atomic E-state index is 10.2. The fourth-order valence-corrected chi connectivity index (χ4v) is 2.59. The third-order valence-corrected chi connectivity index (χ3v) is 4.26. The van der Waals surface area contributed by atoms with Gasteiger partial charge in [-0.2, -0.15) is 0 Å². The van der Waals surface area contributed by atoms with Gasteiger partial charge in [0, 0.05) is 0 Å². The number of ether oxygens (including phenoxy) is 1. The zero-order chi connectivity index (χ0) is 27.0. The van der Waals surface area contributed by atoms with Crippen LogP contribution in [0.2, 0.25) is 0 Å². The van der Waals surface area contributed by atoms with E-state index < -0.39 is 6.10 Å². The molecule has 0 saturated carbocycles. The molecular weight excluding hydrogens is 404 g/mol. The normalized spacial score (nSPS) is 12.7. The molecular formula is C31H58O2. The Bertz CT molecular complexity index is 558. The highest BCUT2D eigenvalue weighted by molar-refractivity contribution is 5.27. The summed E-state index contributed by atoms with van der Waals surface area (Å²) in [5.41, 5.74) is 3.89. The first-order chi connectivity index (χ1) is 15.3. The largest absolute Gasteiger partial charge is 0.390 e. The molecule has 0 aromatic rings. The van der Waals surface area contributed by atoms with Crippen LogP contribution in [0, 0.1) is 11.3 Å². The van der Waals surface area contributed by atoms with Crippen molar-refractivity contribution < 1.29 is 9.84 Å². The first-order valence-electron chi connectivity index (χ1n) is 12.5. The maximum Gasteiger partial charge on any atom is 0.0811 e. The van der Waals surface area contributed by atoms with Gasteiger partial charge in [0.2, 0.25) is 0 Å². The minimum Gasteiger partial charge on any atom is -0.390 e. The van der Waals surface area contributed by atoms with Crippen molar-refractivity contribution >= 4 is 0 Å². The Balaban J connectivity index is -0.000000400. The van der Waals surface area contributed by atoms with Gasteiger partial charge in [-0.15, -0.1) is 0 Å². The van der Waals surface area contributed by atoms with Gasteiger partial charge >= 0.3 is 0 Å². The van der Waals surface area contributed by atoms with Crippen LogP contribution in [0.1, 0.15) is 95.9 Å². The van der Waals surface area contributed by atoms with E-state index in [0.29, 0.717) is 18.9 Å². The Morgan fingerprint density at radius 3 is 1.73 bits per heavy atom. The lowest BCUT2D eigenvalue weighted by Gasteiger charge is -2.20. The van der Waals surface area contributed by atoms with Crippen LogP contribution in [0.5, 0.6) is 0 Å². The quantitative estimate of drug-likeness (QED) is 0.258. The summed E-state index contributed by atoms with van der Waals surface area (Å²) in [6.07, 6.45) is 12.7. The molecule has 0 heterocycles. The molecule has 0 aliphatic rings. The number of aliphatic hydroxyl groups excluding tert-OH is 1. The summed E-state index contributed by atoms with van der Waals surface area (Å²) in [6.45, 7) is 36.2. The second-order valence-corrected chi connectivity index (χ2v) is 9.22. The molecule has 0 bridgehead atoms. The summed E-state index contributed by atoms with van der Waals surface area (Å²) < 4.78 is 5.75. The zero-order valence-corrected chi connectivity index (χ0v) is 24.3. The van der Waals surface area contributed by atoms with Crippen LogP contribution in [-0.2, 0) is 4.74 Å². The first kappa shape index (κ1) is 38.6. The first-order valence-corrected chi connectivity index (χ1v) is 12.5. The highest BCUT2D eigenvalue weighted by Gasteiger charge is 2.14. The van der Waals surface area contributed by atoms with E-state index in [1.165, 1.54) is 23.1 Å². The average Bonchev–Trinajstić information content (AvgIpc) is 2.74. The molecule has 2 heteroatoms. The van der Waals surface area contributed by atoms with Crippen LogP contribution in [0.15, 0.2) is 72.9 Å². The Morgan fingerprint density at radius 2 is 1.42 bits per heavy atom. The van der Waals surface area contributed by atoms with Crippen LogP contribution in [0.4, 0.5) is 0 Å². The van der Waals surface area contributed by atoms with Crippen molar-refractivity contribution in [1.82, 2.24) is 0 Å². The molecule has 0 fully saturated rings. The second kappa shape index (κ2) is 25.0. The summed E-state index contributed by atoms with van der Waals surface area (Å²) in [5.74, 6) is 0.460. The summed E-state index contributed by atoms with van der Waals surface area (Å²) in [5, 5.41) is 10.2. The van der Waals surface area contributed by atoms with Gasteiger partial charge in [0.1, 0.15) is 0 Å². The molecule has 0 spiro atoms. The van der Waals surface area contributed by atoms with E-state index in [9.17, 15) is 5.11 Å². The topological polar surface area (TPSA) is 29.5 Å². The molecule has 1 N–H and O–H groups in total. The lowest BCUT2D eigenvalue weighted by Crippen LogP contribution is -2.20. The lowest BCUT2D eigenvalue weighted by atomic mass is 9.86. The molecule has 0 aliphatic carbocycles. The smallest absolute Gasteiger partial charge is 0.0811 e. The third kappa shape index (κ3) is 26.5. The van der Waals surface area contributed by atoms with Crippen LogP contribution in [-0.4, -0.2) is 23.9 Å². The average molecular weight is 463 g/mol. The van der Waals surface area contributed by atoms with E-state index in [1.54, 1.807) is 12.2 Å². The van der Waals surface area contributed by atoms with Gasteiger partial charge < -0.3 is 9.84 Å². The minimum atomic E-state index is -0.456. The Hall–Kier alpha value is -1.64. The molecule has 2 atom stereocenters. The molecule has 2 unspecified atom stereocenters. The van der Waals surface area contributed by atoms with Crippen molar-refractivity contribution in [3.8, 4) is 0 Å². The molecule has 0 amide bonds. The van der Waals surface area contributed by atoms with Gasteiger partial charge in [0.15, 0.2) is 0 Å². The van der Waals surface area contributed by atoms with Crippen LogP contribution in [0.25, 0.3) is 0 Å². The van der Waals surface area contributed by atoms with Crippen molar-refractivity contribution in [3.63, 3.8) is 0 Å². The number of allylic oxidation sites excluding steroid dienone is 7. The molecule has 33 heavy (non-hydrogen) atoms. The zero-order valence-electron chi connectivity index (χ0n) is 24.3. The Kier molecular flexibility index (Phi) is 29.2. The van der Waals surface area contributed by atoms with Crippen molar-refractivity contribution in [2.75, 3.05) is 6.61 Å². The summed E-state index contributed by atoms with van der Waals surface area (Å²) in [4.78, 5) is 0. The van der Waals surface area contributed by atoms with Gasteiger partial charge in [0.25, 0.3) is 0 Å². The summed E-state index contributed by atoms with van der Waals surface area (Å²) >= 11 is 0. The predicted molar refractivity (Wildman–Crippen MR) is 154 cm³/mol. The van der Waals surface area contributed by atoms with Crippen LogP contribution in [0.3, 0.4) is 0 Å². The molecule has 0 radical (unpaired) electrons. The lowest BCUT2D eigenvalue weighted by molar-refractivity contribution is 0.0160. The molecule has 0 rings (SSSR count). The van der Waals surface area contributed by atoms with Gasteiger partial charge in [-0.05, 0) is 44.1 Å². The van der Waals surface area contributed by atoms with E-state index >= 15 is 0 Å². The minimum absolute atomic E-state index is 0.0314. The van der Waals surface area contributed by atoms with Crippen molar-refractivity contribution in [2.24, 2.45) is 11.3 Å². The SMILES string of the molecule is C=C/C(=C\C=C/C(C)OCC(O)CC(=C(C)C)C(C)C)C(C)(C)C.C=CC=C.CC.CCC. The van der Waals surface area contributed by atoms with Gasteiger partial charge in [-0.1, -0.05) is 136 Å². The van der Waals surface area contributed by atoms with E-state index in [0.717, 1.165) is 0 Å². The molecule has 2 nitrogen and oxygen atoms in total. The molecule has 194 valence electrons. The number of hydrogen-bond donors (Lipinski definition) is 1. The Labute approximate surface area is 208 Å². The van der Waals surface area contributed by atoms with E-state index in [1.807, 2.05) is 39.0 Å². The van der Waals surface area contributed by atoms with E-state index in [-0.39, 0.29) is 11.5 Å². The highest BCUT2D eigenvalue weighted by Crippen LogP contribution is 2.25. The van der Waals surface area contributed by atoms with E-state index in [4.69, 9.17) is 4.74 Å². The maximum absolute atomic E-state index is 10.2. The third-order valence-electron chi connectivity index (χ3n) is 4.26. The predicted octanol–water partition coefficient (Wildman–Crippen LogP) is 9.65. The van der Waals surface area contributed by atoms with E-state index in [2.05, 4.69) is 88.1 Å². The van der Waals surface area contributed by atoms with Gasteiger partial charge in [-0.3, -0.25) is 0 Å². The second-order valence-electron chi connectivity index (χ2n) is 9.22. The fraction of sp³-hybridized carbons (Fsp3) is 0.613. The molecule has 0 aromatic carbocycles. The van der Waals surface area contributed by atoms with Crippen molar-refractivity contribution in [2.45, 2.75) is 108 Å². The van der Waals surface area contributed by atoms with Gasteiger partial charge in [0.05, 0.1) is 18.8 Å².